The smallest absolute Gasteiger partial charge is 0.341 e. The molecule has 1 aliphatic rings. The molecule has 20 heavy (non-hydrogen) atoms. The summed E-state index contributed by atoms with van der Waals surface area (Å²) < 4.78 is 10.8. The van der Waals surface area contributed by atoms with Gasteiger partial charge in [-0.3, -0.25) is 0 Å². The van der Waals surface area contributed by atoms with Crippen LogP contribution < -0.4 is 10.1 Å². The Hall–Kier alpha value is -1.30. The zero-order chi connectivity index (χ0) is 13.5. The molecule has 1 atom stereocenters. The highest BCUT2D eigenvalue weighted by molar-refractivity contribution is 5.85. The fraction of sp³-hybridized carbons (Fsp3) is 0.500. The van der Waals surface area contributed by atoms with Crippen LogP contribution in [-0.2, 0) is 16.1 Å². The molecule has 1 aromatic carbocycles. The average molecular weight is 302 g/mol. The minimum absolute atomic E-state index is 0. The summed E-state index contributed by atoms with van der Waals surface area (Å²) in [5.41, 5.74) is 0.960. The maximum absolute atomic E-state index is 10.5. The molecule has 1 fully saturated rings. The largest absolute Gasteiger partial charge is 0.482 e. The van der Waals surface area contributed by atoms with Crippen molar-refractivity contribution in [1.82, 2.24) is 5.32 Å². The monoisotopic (exact) mass is 301 g/mol. The Kier molecular flexibility index (Phi) is 7.36. The summed E-state index contributed by atoms with van der Waals surface area (Å²) in [6.45, 7) is 2.00. The average Bonchev–Trinajstić information content (AvgIpc) is 2.91. The quantitative estimate of drug-likeness (QED) is 0.804. The number of para-hydroxylation sites is 1. The minimum Gasteiger partial charge on any atom is -0.482 e. The maximum atomic E-state index is 10.5. The summed E-state index contributed by atoms with van der Waals surface area (Å²) >= 11 is 0. The lowest BCUT2D eigenvalue weighted by atomic mass is 10.2. The van der Waals surface area contributed by atoms with Crippen LogP contribution in [0.2, 0.25) is 0 Å². The molecule has 0 radical (unpaired) electrons. The Morgan fingerprint density at radius 1 is 1.45 bits per heavy atom. The van der Waals surface area contributed by atoms with Crippen LogP contribution in [0.4, 0.5) is 0 Å². The van der Waals surface area contributed by atoms with Crippen molar-refractivity contribution in [3.63, 3.8) is 0 Å². The van der Waals surface area contributed by atoms with E-state index in [1.807, 2.05) is 18.2 Å². The van der Waals surface area contributed by atoms with Crippen LogP contribution in [0.5, 0.6) is 5.75 Å². The van der Waals surface area contributed by atoms with Gasteiger partial charge in [-0.1, -0.05) is 18.2 Å². The van der Waals surface area contributed by atoms with E-state index in [0.717, 1.165) is 31.6 Å². The summed E-state index contributed by atoms with van der Waals surface area (Å²) in [5.74, 6) is -0.355. The third kappa shape index (κ3) is 5.36. The highest BCUT2D eigenvalue weighted by Gasteiger charge is 2.14. The first kappa shape index (κ1) is 16.8. The first-order valence-electron chi connectivity index (χ1n) is 6.50. The van der Waals surface area contributed by atoms with Crippen LogP contribution in [0.25, 0.3) is 0 Å². The van der Waals surface area contributed by atoms with Crippen molar-refractivity contribution in [2.24, 2.45) is 0 Å². The molecule has 0 amide bonds. The second kappa shape index (κ2) is 8.79. The second-order valence-corrected chi connectivity index (χ2v) is 4.56. The van der Waals surface area contributed by atoms with E-state index in [2.05, 4.69) is 5.32 Å². The molecule has 1 aliphatic heterocycles. The zero-order valence-electron chi connectivity index (χ0n) is 11.2. The Balaban J connectivity index is 0.00000200. The van der Waals surface area contributed by atoms with E-state index in [4.69, 9.17) is 14.6 Å². The van der Waals surface area contributed by atoms with Gasteiger partial charge in [0.1, 0.15) is 5.75 Å². The van der Waals surface area contributed by atoms with Crippen molar-refractivity contribution >= 4 is 18.4 Å². The van der Waals surface area contributed by atoms with Crippen molar-refractivity contribution in [3.8, 4) is 5.75 Å². The SMILES string of the molecule is Cl.O=C(O)COc1ccccc1CNCC1CCCO1. The first-order chi connectivity index (χ1) is 9.25. The van der Waals surface area contributed by atoms with Gasteiger partial charge in [0.2, 0.25) is 0 Å². The van der Waals surface area contributed by atoms with Crippen molar-refractivity contribution in [3.05, 3.63) is 29.8 Å². The fourth-order valence-electron chi connectivity index (χ4n) is 2.10. The summed E-state index contributed by atoms with van der Waals surface area (Å²) in [6, 6.07) is 7.46. The molecular formula is C14H20ClNO4. The Morgan fingerprint density at radius 3 is 2.95 bits per heavy atom. The molecule has 0 aliphatic carbocycles. The molecule has 2 N–H and O–H groups in total. The lowest BCUT2D eigenvalue weighted by Crippen LogP contribution is -2.26. The minimum atomic E-state index is -0.970. The molecule has 2 rings (SSSR count). The van der Waals surface area contributed by atoms with Gasteiger partial charge in [-0.2, -0.15) is 0 Å². The topological polar surface area (TPSA) is 67.8 Å². The van der Waals surface area contributed by atoms with E-state index in [1.54, 1.807) is 6.07 Å². The Labute approximate surface area is 124 Å². The Bertz CT molecular complexity index is 421. The van der Waals surface area contributed by atoms with Crippen molar-refractivity contribution in [2.45, 2.75) is 25.5 Å². The van der Waals surface area contributed by atoms with Gasteiger partial charge in [-0.15, -0.1) is 12.4 Å². The van der Waals surface area contributed by atoms with E-state index in [9.17, 15) is 4.79 Å². The van der Waals surface area contributed by atoms with Crippen LogP contribution in [-0.4, -0.2) is 36.9 Å². The van der Waals surface area contributed by atoms with Crippen molar-refractivity contribution < 1.29 is 19.4 Å². The number of aliphatic carboxylic acids is 1. The number of nitrogens with one attached hydrogen (secondary N) is 1. The lowest BCUT2D eigenvalue weighted by molar-refractivity contribution is -0.139. The maximum Gasteiger partial charge on any atom is 0.341 e. The van der Waals surface area contributed by atoms with E-state index in [0.29, 0.717) is 18.4 Å². The molecule has 0 spiro atoms. The van der Waals surface area contributed by atoms with Gasteiger partial charge in [-0.25, -0.2) is 4.79 Å². The third-order valence-electron chi connectivity index (χ3n) is 3.04. The van der Waals surface area contributed by atoms with E-state index in [1.165, 1.54) is 0 Å². The number of benzene rings is 1. The van der Waals surface area contributed by atoms with Crippen LogP contribution in [0.15, 0.2) is 24.3 Å². The van der Waals surface area contributed by atoms with E-state index < -0.39 is 5.97 Å². The Morgan fingerprint density at radius 2 is 2.25 bits per heavy atom. The number of rotatable bonds is 7. The molecule has 112 valence electrons. The number of hydrogen-bond acceptors (Lipinski definition) is 4. The van der Waals surface area contributed by atoms with Gasteiger partial charge < -0.3 is 19.9 Å². The number of halogens is 1. The standard InChI is InChI=1S/C14H19NO4.ClH/c16-14(17)10-19-13-6-2-1-4-11(13)8-15-9-12-5-3-7-18-12;/h1-2,4,6,12,15H,3,5,7-10H2,(H,16,17);1H. The molecule has 5 nitrogen and oxygen atoms in total. The number of carbonyl (C=O) groups is 1. The molecular weight excluding hydrogens is 282 g/mol. The molecule has 1 unspecified atom stereocenters. The van der Waals surface area contributed by atoms with Gasteiger partial charge in [-0.05, 0) is 18.9 Å². The molecule has 6 heteroatoms. The number of ether oxygens (including phenoxy) is 2. The predicted molar refractivity (Wildman–Crippen MR) is 77.5 cm³/mol. The highest BCUT2D eigenvalue weighted by atomic mass is 35.5. The molecule has 1 aromatic rings. The van der Waals surface area contributed by atoms with Crippen molar-refractivity contribution in [2.75, 3.05) is 19.8 Å². The van der Waals surface area contributed by atoms with Gasteiger partial charge in [0.25, 0.3) is 0 Å². The van der Waals surface area contributed by atoms with E-state index >= 15 is 0 Å². The van der Waals surface area contributed by atoms with Gasteiger partial charge in [0.05, 0.1) is 6.10 Å². The lowest BCUT2D eigenvalue weighted by Gasteiger charge is -2.13. The van der Waals surface area contributed by atoms with Crippen LogP contribution >= 0.6 is 12.4 Å². The molecule has 1 saturated heterocycles. The predicted octanol–water partition coefficient (Wildman–Crippen LogP) is 1.84. The molecule has 0 bridgehead atoms. The highest BCUT2D eigenvalue weighted by Crippen LogP contribution is 2.18. The van der Waals surface area contributed by atoms with Crippen molar-refractivity contribution in [1.29, 1.82) is 0 Å². The van der Waals surface area contributed by atoms with Gasteiger partial charge >= 0.3 is 5.97 Å². The zero-order valence-corrected chi connectivity index (χ0v) is 12.0. The summed E-state index contributed by atoms with van der Waals surface area (Å²) in [5, 5.41) is 11.9. The van der Waals surface area contributed by atoms with E-state index in [-0.39, 0.29) is 19.0 Å². The van der Waals surface area contributed by atoms with Crippen LogP contribution in [0.3, 0.4) is 0 Å². The third-order valence-corrected chi connectivity index (χ3v) is 3.04. The van der Waals surface area contributed by atoms with Crippen LogP contribution in [0, 0.1) is 0 Å². The number of carboxylic acids is 1. The molecule has 0 aromatic heterocycles. The number of hydrogen-bond donors (Lipinski definition) is 2. The number of carboxylic acid groups (broad SMARTS) is 1. The summed E-state index contributed by atoms with van der Waals surface area (Å²) in [7, 11) is 0. The molecule has 1 heterocycles. The molecule has 0 saturated carbocycles. The van der Waals surface area contributed by atoms with Crippen LogP contribution in [0.1, 0.15) is 18.4 Å². The van der Waals surface area contributed by atoms with Gasteiger partial charge in [0.15, 0.2) is 6.61 Å². The first-order valence-corrected chi connectivity index (χ1v) is 6.50. The fourth-order valence-corrected chi connectivity index (χ4v) is 2.10. The normalized spacial score (nSPS) is 17.5. The second-order valence-electron chi connectivity index (χ2n) is 4.56. The summed E-state index contributed by atoms with van der Waals surface area (Å²) in [4.78, 5) is 10.5. The summed E-state index contributed by atoms with van der Waals surface area (Å²) in [6.07, 6.45) is 2.53. The van der Waals surface area contributed by atoms with Gasteiger partial charge in [0, 0.05) is 25.3 Å².